The van der Waals surface area contributed by atoms with Crippen molar-refractivity contribution in [2.75, 3.05) is 0 Å². The summed E-state index contributed by atoms with van der Waals surface area (Å²) in [5.74, 6) is 0. The number of rotatable bonds is 1. The van der Waals surface area contributed by atoms with E-state index < -0.39 is 0 Å². The molecule has 0 atom stereocenters. The molecule has 0 aliphatic rings. The van der Waals surface area contributed by atoms with Crippen molar-refractivity contribution in [1.29, 1.82) is 0 Å². The minimum absolute atomic E-state index is 1.28. The summed E-state index contributed by atoms with van der Waals surface area (Å²) in [6.45, 7) is 0. The second-order valence-electron chi connectivity index (χ2n) is 5.56. The largest absolute Gasteiger partial charge is 0.139 e. The molecule has 0 fully saturated rings. The molecule has 0 amide bonds. The van der Waals surface area contributed by atoms with Crippen molar-refractivity contribution < 1.29 is 0 Å². The van der Waals surface area contributed by atoms with Crippen LogP contribution in [0.15, 0.2) is 78.9 Å². The van der Waals surface area contributed by atoms with Crippen LogP contribution in [0.4, 0.5) is 0 Å². The van der Waals surface area contributed by atoms with Crippen LogP contribution in [-0.4, -0.2) is 7.85 Å². The van der Waals surface area contributed by atoms with Crippen molar-refractivity contribution in [2.24, 2.45) is 0 Å². The van der Waals surface area contributed by atoms with E-state index in [0.717, 1.165) is 0 Å². The van der Waals surface area contributed by atoms with Crippen LogP contribution in [-0.2, 0) is 0 Å². The SMILES string of the molecule is Bc1ccc(-c2cc3ccccc3c3ccccc23)cc1. The van der Waals surface area contributed by atoms with Crippen molar-refractivity contribution >= 4 is 34.9 Å². The Labute approximate surface area is 125 Å². The fraction of sp³-hybridized carbons (Fsp3) is 0. The van der Waals surface area contributed by atoms with E-state index >= 15 is 0 Å². The third kappa shape index (κ3) is 2.02. The van der Waals surface area contributed by atoms with E-state index in [1.54, 1.807) is 0 Å². The van der Waals surface area contributed by atoms with Crippen LogP contribution in [0.25, 0.3) is 32.7 Å². The molecule has 0 saturated carbocycles. The molecule has 0 aliphatic carbocycles. The first-order chi connectivity index (χ1) is 10.3. The first-order valence-corrected chi connectivity index (χ1v) is 7.30. The van der Waals surface area contributed by atoms with Gasteiger partial charge in [0, 0.05) is 0 Å². The number of hydrogen-bond donors (Lipinski definition) is 0. The molecular weight excluding hydrogens is 251 g/mol. The molecule has 0 aliphatic heterocycles. The van der Waals surface area contributed by atoms with E-state index in [9.17, 15) is 0 Å². The average molecular weight is 266 g/mol. The minimum atomic E-state index is 1.28. The maximum atomic E-state index is 2.31. The van der Waals surface area contributed by atoms with Gasteiger partial charge in [-0.2, -0.15) is 0 Å². The quantitative estimate of drug-likeness (QED) is 0.362. The zero-order valence-electron chi connectivity index (χ0n) is 12.0. The summed E-state index contributed by atoms with van der Waals surface area (Å²) in [4.78, 5) is 0. The molecule has 4 aromatic carbocycles. The van der Waals surface area contributed by atoms with Crippen LogP contribution < -0.4 is 5.46 Å². The predicted octanol–water partition coefficient (Wildman–Crippen LogP) is 3.92. The van der Waals surface area contributed by atoms with Gasteiger partial charge in [0.05, 0.1) is 0 Å². The monoisotopic (exact) mass is 266 g/mol. The van der Waals surface area contributed by atoms with Crippen molar-refractivity contribution in [3.05, 3.63) is 78.9 Å². The Morgan fingerprint density at radius 2 is 1.19 bits per heavy atom. The fourth-order valence-electron chi connectivity index (χ4n) is 3.03. The third-order valence-electron chi connectivity index (χ3n) is 4.13. The van der Waals surface area contributed by atoms with E-state index in [0.29, 0.717) is 0 Å². The van der Waals surface area contributed by atoms with Gasteiger partial charge in [-0.05, 0) is 38.7 Å². The Balaban J connectivity index is 2.13. The smallest absolute Gasteiger partial charge is 0.0889 e. The maximum Gasteiger partial charge on any atom is 0.139 e. The average Bonchev–Trinajstić information content (AvgIpc) is 2.55. The Morgan fingerprint density at radius 3 is 1.95 bits per heavy atom. The second-order valence-corrected chi connectivity index (χ2v) is 5.56. The lowest BCUT2D eigenvalue weighted by Crippen LogP contribution is -1.99. The molecule has 4 rings (SSSR count). The highest BCUT2D eigenvalue weighted by Gasteiger charge is 2.07. The van der Waals surface area contributed by atoms with Crippen LogP contribution in [0.1, 0.15) is 0 Å². The van der Waals surface area contributed by atoms with Crippen LogP contribution in [0.2, 0.25) is 0 Å². The highest BCUT2D eigenvalue weighted by atomic mass is 14.1. The van der Waals surface area contributed by atoms with Crippen molar-refractivity contribution in [1.82, 2.24) is 0 Å². The van der Waals surface area contributed by atoms with E-state index in [1.165, 1.54) is 38.1 Å². The zero-order valence-corrected chi connectivity index (χ0v) is 12.0. The summed E-state index contributed by atoms with van der Waals surface area (Å²) in [7, 11) is 2.13. The van der Waals surface area contributed by atoms with Crippen LogP contribution in [0.3, 0.4) is 0 Å². The van der Waals surface area contributed by atoms with Crippen LogP contribution in [0.5, 0.6) is 0 Å². The highest BCUT2D eigenvalue weighted by Crippen LogP contribution is 2.34. The summed E-state index contributed by atoms with van der Waals surface area (Å²) < 4.78 is 0. The second kappa shape index (κ2) is 4.78. The Hall–Kier alpha value is -2.54. The molecule has 1 heteroatoms. The lowest BCUT2D eigenvalue weighted by Gasteiger charge is -2.11. The third-order valence-corrected chi connectivity index (χ3v) is 4.13. The van der Waals surface area contributed by atoms with Gasteiger partial charge in [0.15, 0.2) is 0 Å². The Kier molecular flexibility index (Phi) is 2.78. The summed E-state index contributed by atoms with van der Waals surface area (Å²) >= 11 is 0. The van der Waals surface area contributed by atoms with Gasteiger partial charge >= 0.3 is 0 Å². The molecule has 4 aromatic rings. The van der Waals surface area contributed by atoms with Gasteiger partial charge in [0.2, 0.25) is 0 Å². The number of hydrogen-bond acceptors (Lipinski definition) is 0. The fourth-order valence-corrected chi connectivity index (χ4v) is 3.03. The standard InChI is InChI=1S/C20H15B/c21-16-11-9-14(10-12-16)20-13-15-5-1-2-6-17(15)18-7-3-4-8-19(18)20/h1-13H,21H2. The van der Waals surface area contributed by atoms with E-state index in [1.807, 2.05) is 0 Å². The van der Waals surface area contributed by atoms with Gasteiger partial charge in [-0.3, -0.25) is 0 Å². The maximum absolute atomic E-state index is 2.31. The Morgan fingerprint density at radius 1 is 0.571 bits per heavy atom. The molecule has 98 valence electrons. The summed E-state index contributed by atoms with van der Waals surface area (Å²) in [6, 6.07) is 28.4. The summed E-state index contributed by atoms with van der Waals surface area (Å²) in [6.07, 6.45) is 0. The topological polar surface area (TPSA) is 0 Å². The first kappa shape index (κ1) is 12.2. The van der Waals surface area contributed by atoms with E-state index in [2.05, 4.69) is 86.7 Å². The van der Waals surface area contributed by atoms with Gasteiger partial charge in [-0.25, -0.2) is 0 Å². The molecule has 0 bridgehead atoms. The summed E-state index contributed by atoms with van der Waals surface area (Å²) in [5, 5.41) is 5.27. The molecule has 0 heterocycles. The molecule has 0 nitrogen and oxygen atoms in total. The van der Waals surface area contributed by atoms with Crippen molar-refractivity contribution in [3.8, 4) is 11.1 Å². The summed E-state index contributed by atoms with van der Waals surface area (Å²) in [5.41, 5.74) is 3.88. The molecule has 21 heavy (non-hydrogen) atoms. The van der Waals surface area contributed by atoms with Gasteiger partial charge in [-0.15, -0.1) is 0 Å². The molecular formula is C20H15B. The van der Waals surface area contributed by atoms with E-state index in [4.69, 9.17) is 0 Å². The molecule has 0 aromatic heterocycles. The van der Waals surface area contributed by atoms with Gasteiger partial charge < -0.3 is 0 Å². The predicted molar refractivity (Wildman–Crippen MR) is 95.1 cm³/mol. The molecule has 0 unspecified atom stereocenters. The minimum Gasteiger partial charge on any atom is -0.0889 e. The van der Waals surface area contributed by atoms with Crippen LogP contribution in [0, 0.1) is 0 Å². The highest BCUT2D eigenvalue weighted by molar-refractivity contribution is 6.32. The molecule has 0 saturated heterocycles. The molecule has 0 radical (unpaired) electrons. The normalized spacial score (nSPS) is 11.0. The zero-order chi connectivity index (χ0) is 14.2. The lowest BCUT2D eigenvalue weighted by molar-refractivity contribution is 1.69. The van der Waals surface area contributed by atoms with Crippen molar-refractivity contribution in [3.63, 3.8) is 0 Å². The lowest BCUT2D eigenvalue weighted by atomic mass is 9.90. The van der Waals surface area contributed by atoms with E-state index in [-0.39, 0.29) is 0 Å². The molecule has 0 N–H and O–H groups in total. The van der Waals surface area contributed by atoms with Gasteiger partial charge in [-0.1, -0.05) is 78.3 Å². The molecule has 0 spiro atoms. The number of fused-ring (bicyclic) bond motifs is 3. The van der Waals surface area contributed by atoms with Crippen molar-refractivity contribution in [2.45, 2.75) is 0 Å². The number of benzene rings is 4. The first-order valence-electron chi connectivity index (χ1n) is 7.30. The van der Waals surface area contributed by atoms with Gasteiger partial charge in [0.25, 0.3) is 0 Å². The Bertz CT molecular complexity index is 937. The van der Waals surface area contributed by atoms with Gasteiger partial charge in [0.1, 0.15) is 7.85 Å². The van der Waals surface area contributed by atoms with Crippen LogP contribution >= 0.6 is 0 Å².